The topological polar surface area (TPSA) is 90.7 Å². The number of nitrogen functional groups attached to an aromatic ring is 1. The van der Waals surface area contributed by atoms with Crippen LogP contribution in [0.3, 0.4) is 0 Å². The number of ether oxygens (including phenoxy) is 2. The average molecular weight is 351 g/mol. The van der Waals surface area contributed by atoms with Gasteiger partial charge in [0.1, 0.15) is 0 Å². The highest BCUT2D eigenvalue weighted by molar-refractivity contribution is 9.10. The Balaban J connectivity index is 2.02. The van der Waals surface area contributed by atoms with Crippen LogP contribution in [0.5, 0.6) is 0 Å². The maximum atomic E-state index is 12.1. The van der Waals surface area contributed by atoms with E-state index in [0.29, 0.717) is 30.0 Å². The summed E-state index contributed by atoms with van der Waals surface area (Å²) in [6, 6.07) is 4.50. The molecule has 19 heavy (non-hydrogen) atoms. The third-order valence-electron chi connectivity index (χ3n) is 2.66. The first kappa shape index (κ1) is 14.7. The van der Waals surface area contributed by atoms with Crippen LogP contribution in [0.25, 0.3) is 0 Å². The van der Waals surface area contributed by atoms with Crippen LogP contribution in [0.4, 0.5) is 5.69 Å². The van der Waals surface area contributed by atoms with E-state index in [1.54, 1.807) is 6.07 Å². The Bertz CT molecular complexity index is 544. The van der Waals surface area contributed by atoms with Crippen LogP contribution in [-0.2, 0) is 19.5 Å². The third kappa shape index (κ3) is 3.90. The zero-order valence-corrected chi connectivity index (χ0v) is 12.5. The number of hydrogen-bond donors (Lipinski definition) is 2. The predicted octanol–water partition coefficient (Wildman–Crippen LogP) is 0.725. The van der Waals surface area contributed by atoms with Gasteiger partial charge in [0.25, 0.3) is 0 Å². The second-order valence-corrected chi connectivity index (χ2v) is 6.72. The summed E-state index contributed by atoms with van der Waals surface area (Å²) in [5.74, 6) is 0. The SMILES string of the molecule is Nc1cc(S(=O)(=O)NCC2COCCO2)ccc1Br. The van der Waals surface area contributed by atoms with Crippen molar-refractivity contribution in [1.29, 1.82) is 0 Å². The Morgan fingerprint density at radius 3 is 2.84 bits per heavy atom. The van der Waals surface area contributed by atoms with E-state index in [1.165, 1.54) is 12.1 Å². The van der Waals surface area contributed by atoms with Gasteiger partial charge in [0.05, 0.1) is 30.8 Å². The lowest BCUT2D eigenvalue weighted by Crippen LogP contribution is -2.39. The first-order valence-corrected chi connectivity index (χ1v) is 8.01. The van der Waals surface area contributed by atoms with Crippen LogP contribution >= 0.6 is 15.9 Å². The van der Waals surface area contributed by atoms with Crippen molar-refractivity contribution in [2.24, 2.45) is 0 Å². The van der Waals surface area contributed by atoms with Gasteiger partial charge in [0, 0.05) is 16.7 Å². The van der Waals surface area contributed by atoms with Gasteiger partial charge in [-0.05, 0) is 34.1 Å². The van der Waals surface area contributed by atoms with Crippen molar-refractivity contribution >= 4 is 31.6 Å². The lowest BCUT2D eigenvalue weighted by atomic mass is 10.3. The van der Waals surface area contributed by atoms with E-state index in [9.17, 15) is 8.42 Å². The van der Waals surface area contributed by atoms with E-state index in [1.807, 2.05) is 0 Å². The number of nitrogens with two attached hydrogens (primary N) is 1. The summed E-state index contributed by atoms with van der Waals surface area (Å²) in [6.45, 7) is 1.60. The average Bonchev–Trinajstić information content (AvgIpc) is 2.41. The van der Waals surface area contributed by atoms with E-state index in [4.69, 9.17) is 15.2 Å². The second kappa shape index (κ2) is 6.19. The largest absolute Gasteiger partial charge is 0.398 e. The first-order valence-electron chi connectivity index (χ1n) is 5.73. The van der Waals surface area contributed by atoms with Crippen molar-refractivity contribution in [2.75, 3.05) is 32.1 Å². The van der Waals surface area contributed by atoms with Gasteiger partial charge in [0.15, 0.2) is 0 Å². The summed E-state index contributed by atoms with van der Waals surface area (Å²) >= 11 is 3.22. The van der Waals surface area contributed by atoms with Crippen molar-refractivity contribution < 1.29 is 17.9 Å². The van der Waals surface area contributed by atoms with Crippen LogP contribution in [0.2, 0.25) is 0 Å². The van der Waals surface area contributed by atoms with Gasteiger partial charge in [-0.3, -0.25) is 0 Å². The predicted molar refractivity (Wildman–Crippen MR) is 74.3 cm³/mol. The summed E-state index contributed by atoms with van der Waals surface area (Å²) < 4.78 is 37.8. The van der Waals surface area contributed by atoms with E-state index >= 15 is 0 Å². The molecule has 0 spiro atoms. The summed E-state index contributed by atoms with van der Waals surface area (Å²) in [4.78, 5) is 0.130. The molecule has 1 unspecified atom stereocenters. The number of rotatable bonds is 4. The number of hydrogen-bond acceptors (Lipinski definition) is 5. The molecule has 3 N–H and O–H groups in total. The minimum atomic E-state index is -3.59. The van der Waals surface area contributed by atoms with Gasteiger partial charge in [-0.2, -0.15) is 0 Å². The molecule has 1 aliphatic rings. The summed E-state index contributed by atoms with van der Waals surface area (Å²) in [6.07, 6.45) is -0.253. The van der Waals surface area contributed by atoms with Crippen molar-refractivity contribution in [3.05, 3.63) is 22.7 Å². The van der Waals surface area contributed by atoms with Gasteiger partial charge in [-0.1, -0.05) is 0 Å². The van der Waals surface area contributed by atoms with Crippen LogP contribution in [-0.4, -0.2) is 40.9 Å². The summed E-state index contributed by atoms with van der Waals surface area (Å²) in [7, 11) is -3.59. The van der Waals surface area contributed by atoms with Crippen molar-refractivity contribution in [3.63, 3.8) is 0 Å². The fraction of sp³-hybridized carbons (Fsp3) is 0.455. The zero-order valence-electron chi connectivity index (χ0n) is 10.1. The van der Waals surface area contributed by atoms with Gasteiger partial charge in [-0.25, -0.2) is 13.1 Å². The Morgan fingerprint density at radius 2 is 2.21 bits per heavy atom. The molecule has 6 nitrogen and oxygen atoms in total. The van der Waals surface area contributed by atoms with E-state index < -0.39 is 10.0 Å². The molecule has 0 saturated carbocycles. The molecule has 0 aliphatic carbocycles. The monoisotopic (exact) mass is 350 g/mol. The van der Waals surface area contributed by atoms with Crippen molar-refractivity contribution in [2.45, 2.75) is 11.0 Å². The minimum absolute atomic E-state index is 0.130. The van der Waals surface area contributed by atoms with Gasteiger partial charge < -0.3 is 15.2 Å². The highest BCUT2D eigenvalue weighted by Crippen LogP contribution is 2.22. The molecule has 1 fully saturated rings. The molecule has 1 aliphatic heterocycles. The maximum absolute atomic E-state index is 12.1. The normalized spacial score (nSPS) is 20.4. The fourth-order valence-electron chi connectivity index (χ4n) is 1.63. The maximum Gasteiger partial charge on any atom is 0.240 e. The van der Waals surface area contributed by atoms with E-state index in [0.717, 1.165) is 0 Å². The fourth-order valence-corrected chi connectivity index (χ4v) is 2.98. The number of halogens is 1. The number of anilines is 1. The molecule has 1 aromatic rings. The van der Waals surface area contributed by atoms with Crippen LogP contribution in [0.15, 0.2) is 27.6 Å². The Morgan fingerprint density at radius 1 is 1.42 bits per heavy atom. The smallest absolute Gasteiger partial charge is 0.240 e. The van der Waals surface area contributed by atoms with E-state index in [2.05, 4.69) is 20.7 Å². The highest BCUT2D eigenvalue weighted by Gasteiger charge is 2.20. The Kier molecular flexibility index (Phi) is 4.80. The molecule has 1 heterocycles. The second-order valence-electron chi connectivity index (χ2n) is 4.10. The molecule has 1 atom stereocenters. The lowest BCUT2D eigenvalue weighted by Gasteiger charge is -2.23. The summed E-state index contributed by atoms with van der Waals surface area (Å²) in [5.41, 5.74) is 6.05. The molecule has 0 radical (unpaired) electrons. The van der Waals surface area contributed by atoms with Crippen LogP contribution < -0.4 is 10.5 Å². The molecule has 2 rings (SSSR count). The van der Waals surface area contributed by atoms with Gasteiger partial charge in [-0.15, -0.1) is 0 Å². The number of benzene rings is 1. The summed E-state index contributed by atoms with van der Waals surface area (Å²) in [5, 5.41) is 0. The number of nitrogens with one attached hydrogen (secondary N) is 1. The van der Waals surface area contributed by atoms with Gasteiger partial charge >= 0.3 is 0 Å². The van der Waals surface area contributed by atoms with Crippen LogP contribution in [0.1, 0.15) is 0 Å². The molecule has 1 aromatic carbocycles. The van der Waals surface area contributed by atoms with Gasteiger partial charge in [0.2, 0.25) is 10.0 Å². The molecular formula is C11H15BrN2O4S. The first-order chi connectivity index (χ1) is 8.99. The highest BCUT2D eigenvalue weighted by atomic mass is 79.9. The lowest BCUT2D eigenvalue weighted by molar-refractivity contribution is -0.0846. The Labute approximate surface area is 120 Å². The third-order valence-corrected chi connectivity index (χ3v) is 4.81. The number of sulfonamides is 1. The molecule has 1 saturated heterocycles. The molecule has 106 valence electrons. The molecular weight excluding hydrogens is 336 g/mol. The minimum Gasteiger partial charge on any atom is -0.398 e. The zero-order chi connectivity index (χ0) is 13.9. The van der Waals surface area contributed by atoms with Crippen LogP contribution in [0, 0.1) is 0 Å². The van der Waals surface area contributed by atoms with Crippen molar-refractivity contribution in [3.8, 4) is 0 Å². The van der Waals surface area contributed by atoms with Crippen molar-refractivity contribution in [1.82, 2.24) is 4.72 Å². The molecule has 8 heteroatoms. The quantitative estimate of drug-likeness (QED) is 0.781. The molecule has 0 aromatic heterocycles. The Hall–Kier alpha value is -0.670. The van der Waals surface area contributed by atoms with E-state index in [-0.39, 0.29) is 17.5 Å². The molecule has 0 amide bonds. The standard InChI is InChI=1S/C11H15BrN2O4S/c12-10-2-1-9(5-11(10)13)19(15,16)14-6-8-7-17-3-4-18-8/h1-2,5,8,14H,3-4,6-7,13H2. The molecule has 0 bridgehead atoms.